The number of hydrogen-bond donors (Lipinski definition) is 1. The maximum atomic E-state index is 12.2. The molecule has 54 heavy (non-hydrogen) atoms. The molecule has 0 spiro atoms. The highest BCUT2D eigenvalue weighted by molar-refractivity contribution is 6.88. The SMILES string of the molecule is Cc1cccc(C)c1-n1c(-c2cc(C(C)(C)C)cc(C(C)(C)C)c2O)nc2c(-c3cc(-c4ccccc4)cc(-c4ccc([Si](C)(C)C)cn4)c3)nccc21. The summed E-state index contributed by atoms with van der Waals surface area (Å²) in [5.74, 6) is 0.947. The molecule has 0 aliphatic carbocycles. The second kappa shape index (κ2) is 13.5. The van der Waals surface area contributed by atoms with Gasteiger partial charge in [-0.3, -0.25) is 14.5 Å². The Hall–Kier alpha value is -5.33. The van der Waals surface area contributed by atoms with Crippen molar-refractivity contribution in [2.45, 2.75) is 85.9 Å². The maximum Gasteiger partial charge on any atom is 0.149 e. The zero-order valence-electron chi connectivity index (χ0n) is 33.6. The molecule has 0 unspecified atom stereocenters. The van der Waals surface area contributed by atoms with Crippen molar-refractivity contribution < 1.29 is 5.11 Å². The lowest BCUT2D eigenvalue weighted by molar-refractivity contribution is 0.446. The van der Waals surface area contributed by atoms with E-state index in [-0.39, 0.29) is 16.6 Å². The van der Waals surface area contributed by atoms with Gasteiger partial charge in [0.2, 0.25) is 0 Å². The van der Waals surface area contributed by atoms with Gasteiger partial charge in [-0.1, -0.05) is 122 Å². The van der Waals surface area contributed by atoms with Crippen LogP contribution in [0.4, 0.5) is 0 Å². The lowest BCUT2D eigenvalue weighted by Crippen LogP contribution is -2.37. The number of para-hydroxylation sites is 1. The molecule has 0 saturated heterocycles. The number of benzene rings is 4. The zero-order chi connectivity index (χ0) is 38.7. The van der Waals surface area contributed by atoms with Crippen LogP contribution in [0, 0.1) is 13.8 Å². The minimum atomic E-state index is -1.52. The van der Waals surface area contributed by atoms with Crippen molar-refractivity contribution in [1.29, 1.82) is 0 Å². The number of imidazole rings is 1. The predicted octanol–water partition coefficient (Wildman–Crippen LogP) is 11.9. The first-order chi connectivity index (χ1) is 25.4. The molecule has 3 heterocycles. The van der Waals surface area contributed by atoms with Crippen LogP contribution in [0.1, 0.15) is 63.8 Å². The summed E-state index contributed by atoms with van der Waals surface area (Å²) < 4.78 is 2.23. The van der Waals surface area contributed by atoms with Crippen molar-refractivity contribution in [1.82, 2.24) is 19.5 Å². The maximum absolute atomic E-state index is 12.2. The van der Waals surface area contributed by atoms with Gasteiger partial charge in [-0.05, 0) is 94.1 Å². The van der Waals surface area contributed by atoms with Gasteiger partial charge < -0.3 is 5.11 Å². The van der Waals surface area contributed by atoms with Gasteiger partial charge in [-0.2, -0.15) is 0 Å². The first kappa shape index (κ1) is 37.0. The largest absolute Gasteiger partial charge is 0.507 e. The van der Waals surface area contributed by atoms with Gasteiger partial charge in [0.15, 0.2) is 0 Å². The molecule has 7 aromatic rings. The Bertz CT molecular complexity index is 2490. The summed E-state index contributed by atoms with van der Waals surface area (Å²) in [6.45, 7) is 24.4. The highest BCUT2D eigenvalue weighted by Gasteiger charge is 2.29. The monoisotopic (exact) mass is 728 g/mol. The molecule has 0 aliphatic rings. The highest BCUT2D eigenvalue weighted by atomic mass is 28.3. The van der Waals surface area contributed by atoms with E-state index in [2.05, 4.69) is 177 Å². The van der Waals surface area contributed by atoms with Crippen molar-refractivity contribution in [2.75, 3.05) is 0 Å². The van der Waals surface area contributed by atoms with Crippen LogP contribution < -0.4 is 5.19 Å². The molecule has 5 nitrogen and oxygen atoms in total. The van der Waals surface area contributed by atoms with E-state index in [1.165, 1.54) is 5.19 Å². The Balaban J connectivity index is 1.55. The number of phenols is 1. The average Bonchev–Trinajstić information content (AvgIpc) is 3.49. The van der Waals surface area contributed by atoms with Gasteiger partial charge >= 0.3 is 0 Å². The van der Waals surface area contributed by atoms with Crippen LogP contribution in [0.25, 0.3) is 61.8 Å². The molecule has 6 heteroatoms. The minimum absolute atomic E-state index is 0.153. The van der Waals surface area contributed by atoms with E-state index in [1.54, 1.807) is 0 Å². The number of aryl methyl sites for hydroxylation is 2. The van der Waals surface area contributed by atoms with E-state index in [1.807, 2.05) is 12.3 Å². The van der Waals surface area contributed by atoms with Crippen LogP contribution in [-0.2, 0) is 10.8 Å². The first-order valence-corrected chi connectivity index (χ1v) is 22.4. The summed E-state index contributed by atoms with van der Waals surface area (Å²) in [5.41, 5.74) is 13.2. The number of aromatic hydroxyl groups is 1. The summed E-state index contributed by atoms with van der Waals surface area (Å²) in [7, 11) is -1.52. The summed E-state index contributed by atoms with van der Waals surface area (Å²) in [6.07, 6.45) is 3.94. The number of hydrogen-bond acceptors (Lipinski definition) is 4. The molecule has 7 rings (SSSR count). The fourth-order valence-electron chi connectivity index (χ4n) is 7.31. The smallest absolute Gasteiger partial charge is 0.149 e. The van der Waals surface area contributed by atoms with Gasteiger partial charge in [0.1, 0.15) is 17.1 Å². The number of phenolic OH excluding ortho intramolecular Hbond substituents is 1. The van der Waals surface area contributed by atoms with E-state index in [0.29, 0.717) is 11.4 Å². The molecule has 1 N–H and O–H groups in total. The van der Waals surface area contributed by atoms with Gasteiger partial charge in [-0.15, -0.1) is 0 Å². The Morgan fingerprint density at radius 3 is 1.93 bits per heavy atom. The van der Waals surface area contributed by atoms with E-state index < -0.39 is 8.07 Å². The molecular weight excluding hydrogens is 677 g/mol. The molecule has 0 aliphatic heterocycles. The van der Waals surface area contributed by atoms with E-state index in [0.717, 1.165) is 72.6 Å². The van der Waals surface area contributed by atoms with Crippen LogP contribution in [0.15, 0.2) is 109 Å². The lowest BCUT2D eigenvalue weighted by atomic mass is 9.79. The highest BCUT2D eigenvalue weighted by Crippen LogP contribution is 2.45. The third-order valence-corrected chi connectivity index (χ3v) is 12.5. The number of fused-ring (bicyclic) bond motifs is 1. The Morgan fingerprint density at radius 2 is 1.31 bits per heavy atom. The molecule has 0 fully saturated rings. The molecule has 0 atom stereocenters. The van der Waals surface area contributed by atoms with Crippen LogP contribution in [-0.4, -0.2) is 32.7 Å². The topological polar surface area (TPSA) is 63.8 Å². The standard InChI is InChI=1S/C48H52N4OSi/c1-30-16-15-17-31(2)44(30)52-41-22-23-49-42(43(41)51-46(52)38-27-36(47(3,4)5)28-39(45(38)53)48(6,7)8)35-25-33(32-18-13-12-14-19-32)24-34(26-35)40-21-20-37(29-50-40)54(9,10)11/h12-29,53H,1-11H3. The van der Waals surface area contributed by atoms with Crippen molar-refractivity contribution >= 4 is 24.3 Å². The minimum Gasteiger partial charge on any atom is -0.507 e. The van der Waals surface area contributed by atoms with Crippen molar-refractivity contribution in [3.05, 3.63) is 132 Å². The van der Waals surface area contributed by atoms with Crippen LogP contribution >= 0.6 is 0 Å². The Morgan fingerprint density at radius 1 is 0.648 bits per heavy atom. The number of aromatic nitrogens is 4. The van der Waals surface area contributed by atoms with Crippen LogP contribution in [0.5, 0.6) is 5.75 Å². The van der Waals surface area contributed by atoms with E-state index in [9.17, 15) is 5.11 Å². The van der Waals surface area contributed by atoms with Gasteiger partial charge in [0, 0.05) is 29.1 Å². The predicted molar refractivity (Wildman–Crippen MR) is 230 cm³/mol. The third-order valence-electron chi connectivity index (χ3n) is 10.5. The zero-order valence-corrected chi connectivity index (χ0v) is 34.6. The number of nitrogens with zero attached hydrogens (tertiary/aromatic N) is 4. The summed E-state index contributed by atoms with van der Waals surface area (Å²) in [4.78, 5) is 15.6. The van der Waals surface area contributed by atoms with E-state index in [4.69, 9.17) is 15.0 Å². The molecule has 274 valence electrons. The molecule has 3 aromatic heterocycles. The van der Waals surface area contributed by atoms with Gasteiger partial charge in [-0.25, -0.2) is 4.98 Å². The molecule has 0 radical (unpaired) electrons. The lowest BCUT2D eigenvalue weighted by Gasteiger charge is -2.27. The average molecular weight is 729 g/mol. The summed E-state index contributed by atoms with van der Waals surface area (Å²) >= 11 is 0. The fourth-order valence-corrected chi connectivity index (χ4v) is 8.34. The van der Waals surface area contributed by atoms with Crippen LogP contribution in [0.3, 0.4) is 0 Å². The van der Waals surface area contributed by atoms with Crippen molar-refractivity contribution in [2.24, 2.45) is 0 Å². The molecule has 4 aromatic carbocycles. The molecule has 0 amide bonds. The molecule has 0 bridgehead atoms. The van der Waals surface area contributed by atoms with Crippen molar-refractivity contribution in [3.8, 4) is 56.5 Å². The normalized spacial score (nSPS) is 12.4. The van der Waals surface area contributed by atoms with Gasteiger partial charge in [0.05, 0.1) is 36.2 Å². The summed E-state index contributed by atoms with van der Waals surface area (Å²) in [6, 6.07) is 34.2. The third kappa shape index (κ3) is 6.91. The summed E-state index contributed by atoms with van der Waals surface area (Å²) in [5, 5.41) is 13.5. The fraction of sp³-hybridized carbons (Fsp3) is 0.271. The van der Waals surface area contributed by atoms with Gasteiger partial charge in [0.25, 0.3) is 0 Å². The van der Waals surface area contributed by atoms with E-state index >= 15 is 0 Å². The second-order valence-corrected chi connectivity index (χ2v) is 22.9. The Kier molecular flexibility index (Phi) is 9.26. The second-order valence-electron chi connectivity index (χ2n) is 17.8. The number of rotatable bonds is 6. The number of pyridine rings is 2. The van der Waals surface area contributed by atoms with Crippen LogP contribution in [0.2, 0.25) is 19.6 Å². The quantitative estimate of drug-likeness (QED) is 0.173. The van der Waals surface area contributed by atoms with Crippen molar-refractivity contribution in [3.63, 3.8) is 0 Å². The Labute approximate surface area is 321 Å². The molecule has 0 saturated carbocycles. The molecular formula is C48H52N4OSi. The first-order valence-electron chi connectivity index (χ1n) is 18.9.